The maximum Gasteiger partial charge on any atom is 0.309 e. The van der Waals surface area contributed by atoms with Gasteiger partial charge in [0, 0.05) is 13.1 Å². The van der Waals surface area contributed by atoms with Crippen LogP contribution < -0.4 is 10.6 Å². The molecule has 7 heteroatoms. The molecule has 0 bridgehead atoms. The number of fused-ring (bicyclic) bond motifs is 1. The number of pyridine rings is 1. The summed E-state index contributed by atoms with van der Waals surface area (Å²) in [5.74, 6) is 0.224. The lowest BCUT2D eigenvalue weighted by molar-refractivity contribution is -0.148. The second-order valence-electron chi connectivity index (χ2n) is 5.56. The van der Waals surface area contributed by atoms with Crippen LogP contribution in [-0.2, 0) is 9.53 Å². The van der Waals surface area contributed by atoms with Gasteiger partial charge in [-0.3, -0.25) is 4.79 Å². The zero-order chi connectivity index (χ0) is 15.7. The van der Waals surface area contributed by atoms with Crippen molar-refractivity contribution in [2.45, 2.75) is 26.7 Å². The molecule has 22 heavy (non-hydrogen) atoms. The number of esters is 1. The van der Waals surface area contributed by atoms with E-state index >= 15 is 0 Å². The number of hydrogen-bond acceptors (Lipinski definition) is 6. The predicted octanol–water partition coefficient (Wildman–Crippen LogP) is 1.40. The average Bonchev–Trinajstić information content (AvgIpc) is 2.90. The number of ether oxygens (including phenoxy) is 1. The quantitative estimate of drug-likeness (QED) is 0.863. The van der Waals surface area contributed by atoms with Gasteiger partial charge >= 0.3 is 5.97 Å². The minimum Gasteiger partial charge on any atom is -0.466 e. The van der Waals surface area contributed by atoms with Crippen LogP contribution in [0.4, 0.5) is 11.6 Å². The van der Waals surface area contributed by atoms with Gasteiger partial charge in [0.25, 0.3) is 0 Å². The fourth-order valence-corrected chi connectivity index (χ4v) is 3.03. The molecule has 0 amide bonds. The number of aryl methyl sites for hydroxylation is 1. The van der Waals surface area contributed by atoms with E-state index in [9.17, 15) is 4.79 Å². The first kappa shape index (κ1) is 14.6. The molecule has 7 nitrogen and oxygen atoms in total. The van der Waals surface area contributed by atoms with E-state index in [0.29, 0.717) is 6.61 Å². The number of piperidine rings is 1. The summed E-state index contributed by atoms with van der Waals surface area (Å²) in [6.07, 6.45) is 1.63. The number of carbonyl (C=O) groups is 1. The Labute approximate surface area is 129 Å². The van der Waals surface area contributed by atoms with Gasteiger partial charge in [0.05, 0.1) is 23.9 Å². The highest BCUT2D eigenvalue weighted by molar-refractivity contribution is 5.73. The molecule has 0 saturated carbocycles. The van der Waals surface area contributed by atoms with E-state index in [1.165, 1.54) is 0 Å². The smallest absolute Gasteiger partial charge is 0.309 e. The highest BCUT2D eigenvalue weighted by Gasteiger charge is 2.27. The summed E-state index contributed by atoms with van der Waals surface area (Å²) in [5.41, 5.74) is 8.53. The summed E-state index contributed by atoms with van der Waals surface area (Å²) >= 11 is 0. The summed E-state index contributed by atoms with van der Waals surface area (Å²) in [5, 5.41) is 4.22. The van der Waals surface area contributed by atoms with E-state index in [1.807, 2.05) is 26.0 Å². The van der Waals surface area contributed by atoms with Gasteiger partial charge in [-0.2, -0.15) is 4.98 Å². The number of nitrogens with two attached hydrogens (primary N) is 1. The molecule has 1 aliphatic heterocycles. The molecule has 0 aromatic carbocycles. The van der Waals surface area contributed by atoms with Gasteiger partial charge in [-0.25, -0.2) is 4.52 Å². The van der Waals surface area contributed by atoms with Crippen LogP contribution in [0.5, 0.6) is 0 Å². The average molecular weight is 303 g/mol. The van der Waals surface area contributed by atoms with E-state index in [-0.39, 0.29) is 17.8 Å². The van der Waals surface area contributed by atoms with E-state index in [2.05, 4.69) is 15.0 Å². The number of rotatable bonds is 3. The van der Waals surface area contributed by atoms with Crippen LogP contribution in [0, 0.1) is 12.8 Å². The van der Waals surface area contributed by atoms with Crippen molar-refractivity contribution in [2.75, 3.05) is 30.3 Å². The molecule has 2 aromatic heterocycles. The zero-order valence-corrected chi connectivity index (χ0v) is 13.0. The van der Waals surface area contributed by atoms with Gasteiger partial charge in [0.15, 0.2) is 5.65 Å². The highest BCUT2D eigenvalue weighted by atomic mass is 16.5. The molecule has 1 aliphatic rings. The lowest BCUT2D eigenvalue weighted by Gasteiger charge is -2.33. The van der Waals surface area contributed by atoms with Crippen LogP contribution in [0.15, 0.2) is 12.1 Å². The molecule has 0 atom stereocenters. The van der Waals surface area contributed by atoms with Crippen LogP contribution in [0.3, 0.4) is 0 Å². The first-order valence-electron chi connectivity index (χ1n) is 7.63. The molecular weight excluding hydrogens is 282 g/mol. The van der Waals surface area contributed by atoms with E-state index in [1.54, 1.807) is 4.52 Å². The third kappa shape index (κ3) is 2.58. The van der Waals surface area contributed by atoms with Gasteiger partial charge in [-0.15, -0.1) is 5.10 Å². The Morgan fingerprint density at radius 1 is 1.41 bits per heavy atom. The van der Waals surface area contributed by atoms with E-state index in [4.69, 9.17) is 10.5 Å². The van der Waals surface area contributed by atoms with Gasteiger partial charge in [-0.05, 0) is 38.8 Å². The van der Waals surface area contributed by atoms with E-state index < -0.39 is 0 Å². The molecule has 1 fully saturated rings. The Morgan fingerprint density at radius 2 is 2.14 bits per heavy atom. The molecule has 2 N–H and O–H groups in total. The summed E-state index contributed by atoms with van der Waals surface area (Å²) < 4.78 is 6.88. The first-order valence-corrected chi connectivity index (χ1v) is 7.63. The SMILES string of the molecule is CCOC(=O)C1CCN(c2ccc3nc(N)nn3c2C)CC1. The van der Waals surface area contributed by atoms with Crippen molar-refractivity contribution in [1.29, 1.82) is 0 Å². The normalized spacial score (nSPS) is 16.2. The molecule has 1 saturated heterocycles. The van der Waals surface area contributed by atoms with Crippen LogP contribution in [0.25, 0.3) is 5.65 Å². The number of aromatic nitrogens is 3. The fraction of sp³-hybridized carbons (Fsp3) is 0.533. The van der Waals surface area contributed by atoms with Crippen LogP contribution in [-0.4, -0.2) is 40.3 Å². The lowest BCUT2D eigenvalue weighted by atomic mass is 9.96. The Hall–Kier alpha value is -2.31. The summed E-state index contributed by atoms with van der Waals surface area (Å²) in [4.78, 5) is 18.3. The van der Waals surface area contributed by atoms with Crippen LogP contribution >= 0.6 is 0 Å². The number of nitrogens with zero attached hydrogens (tertiary/aromatic N) is 4. The van der Waals surface area contributed by atoms with Gasteiger partial charge < -0.3 is 15.4 Å². The van der Waals surface area contributed by atoms with Crippen molar-refractivity contribution >= 4 is 23.3 Å². The third-order valence-electron chi connectivity index (χ3n) is 4.18. The van der Waals surface area contributed by atoms with Crippen molar-refractivity contribution in [2.24, 2.45) is 5.92 Å². The Morgan fingerprint density at radius 3 is 2.82 bits per heavy atom. The minimum atomic E-state index is -0.0710. The zero-order valence-electron chi connectivity index (χ0n) is 13.0. The number of nitrogen functional groups attached to an aromatic ring is 1. The number of anilines is 2. The second-order valence-corrected chi connectivity index (χ2v) is 5.56. The minimum absolute atomic E-state index is 0.0160. The van der Waals surface area contributed by atoms with Crippen LogP contribution in [0.1, 0.15) is 25.5 Å². The van der Waals surface area contributed by atoms with Crippen LogP contribution in [0.2, 0.25) is 0 Å². The van der Waals surface area contributed by atoms with Gasteiger partial charge in [0.2, 0.25) is 5.95 Å². The first-order chi connectivity index (χ1) is 10.6. The molecule has 0 unspecified atom stereocenters. The molecule has 2 aromatic rings. The van der Waals surface area contributed by atoms with Crippen molar-refractivity contribution < 1.29 is 9.53 Å². The molecule has 0 spiro atoms. The predicted molar refractivity (Wildman–Crippen MR) is 83.7 cm³/mol. The van der Waals surface area contributed by atoms with Crippen molar-refractivity contribution in [1.82, 2.24) is 14.6 Å². The second kappa shape index (κ2) is 5.82. The van der Waals surface area contributed by atoms with E-state index in [0.717, 1.165) is 43.0 Å². The van der Waals surface area contributed by atoms with Crippen molar-refractivity contribution in [3.8, 4) is 0 Å². The maximum atomic E-state index is 11.8. The fourth-order valence-electron chi connectivity index (χ4n) is 3.03. The summed E-state index contributed by atoms with van der Waals surface area (Å²) in [7, 11) is 0. The largest absolute Gasteiger partial charge is 0.466 e. The van der Waals surface area contributed by atoms with Crippen molar-refractivity contribution in [3.63, 3.8) is 0 Å². The number of carbonyl (C=O) groups excluding carboxylic acids is 1. The Balaban J connectivity index is 1.76. The molecule has 0 radical (unpaired) electrons. The monoisotopic (exact) mass is 303 g/mol. The van der Waals surface area contributed by atoms with Crippen molar-refractivity contribution in [3.05, 3.63) is 17.8 Å². The lowest BCUT2D eigenvalue weighted by Crippen LogP contribution is -2.37. The number of hydrogen-bond donors (Lipinski definition) is 1. The maximum absolute atomic E-state index is 11.8. The molecule has 118 valence electrons. The summed E-state index contributed by atoms with van der Waals surface area (Å²) in [6.45, 7) is 5.96. The molecular formula is C15H21N5O2. The van der Waals surface area contributed by atoms with Gasteiger partial charge in [0.1, 0.15) is 0 Å². The standard InChI is InChI=1S/C15H21N5O2/c1-3-22-14(21)11-6-8-19(9-7-11)12-4-5-13-17-15(16)18-20(13)10(12)2/h4-5,11H,3,6-9H2,1-2H3,(H2,16,18). The topological polar surface area (TPSA) is 85.8 Å². The highest BCUT2D eigenvalue weighted by Crippen LogP contribution is 2.27. The molecule has 3 heterocycles. The molecule has 0 aliphatic carbocycles. The third-order valence-corrected chi connectivity index (χ3v) is 4.18. The Kier molecular flexibility index (Phi) is 3.87. The van der Waals surface area contributed by atoms with Gasteiger partial charge in [-0.1, -0.05) is 0 Å². The molecule has 3 rings (SSSR count). The summed E-state index contributed by atoms with van der Waals surface area (Å²) in [6, 6.07) is 3.96. The Bertz CT molecular complexity index is 689.